The zero-order valence-corrected chi connectivity index (χ0v) is 27.4. The van der Waals surface area contributed by atoms with Gasteiger partial charge in [-0.25, -0.2) is 61.5 Å². The molecule has 8 nitrogen and oxygen atoms in total. The molecule has 0 atom stereocenters. The Balaban J connectivity index is 0.000000218. The topological polar surface area (TPSA) is 107 Å². The molecule has 1 fully saturated rings. The first kappa shape index (κ1) is 44.2. The number of nitrogen functional groups attached to an aromatic ring is 2. The number of halogens is 14. The summed E-state index contributed by atoms with van der Waals surface area (Å²) < 4.78 is 215. The van der Waals surface area contributed by atoms with E-state index in [1.807, 2.05) is 0 Å². The molecular formula is C32H28F14N2O6. The van der Waals surface area contributed by atoms with Crippen molar-refractivity contribution in [2.75, 3.05) is 90.7 Å². The summed E-state index contributed by atoms with van der Waals surface area (Å²) in [5.74, 6) is -30.3. The van der Waals surface area contributed by atoms with Gasteiger partial charge in [0, 0.05) is 0 Å². The molecule has 5 rings (SSSR count). The Morgan fingerprint density at radius 3 is 0.556 bits per heavy atom. The van der Waals surface area contributed by atoms with Crippen LogP contribution in [0.1, 0.15) is 0 Å². The standard InChI is InChI=1S/C12H24O6.2C10H2F7N/c1-2-14-5-6-16-9-10-18-12-11-17-8-7-15-4-3-13-1;2*11-3-1-2(4(12)8(16)7(3)15)6(14)10(18)9(17)5(1)13/h1-12H2;2*18H2. The van der Waals surface area contributed by atoms with Gasteiger partial charge < -0.3 is 39.9 Å². The Bertz CT molecular complexity index is 1520. The van der Waals surface area contributed by atoms with Gasteiger partial charge in [-0.3, -0.25) is 0 Å². The van der Waals surface area contributed by atoms with Crippen LogP contribution in [0.5, 0.6) is 0 Å². The molecule has 0 aromatic heterocycles. The zero-order chi connectivity index (χ0) is 40.3. The number of nitrogens with two attached hydrogens (primary N) is 2. The number of fused-ring (bicyclic) bond motifs is 2. The summed E-state index contributed by atoms with van der Waals surface area (Å²) in [6.45, 7) is 7.04. The first-order valence-electron chi connectivity index (χ1n) is 15.2. The molecule has 0 bridgehead atoms. The zero-order valence-electron chi connectivity index (χ0n) is 27.4. The predicted octanol–water partition coefficient (Wildman–Crippen LogP) is 6.89. The molecule has 1 aliphatic rings. The molecule has 1 saturated heterocycles. The van der Waals surface area contributed by atoms with Gasteiger partial charge in [0.05, 0.1) is 101 Å². The maximum absolute atomic E-state index is 13.4. The second-order valence-electron chi connectivity index (χ2n) is 10.4. The minimum Gasteiger partial charge on any atom is -0.394 e. The number of anilines is 2. The molecule has 0 radical (unpaired) electrons. The number of ether oxygens (including phenoxy) is 6. The van der Waals surface area contributed by atoms with Crippen LogP contribution in [0.25, 0.3) is 21.5 Å². The van der Waals surface area contributed by atoms with Crippen LogP contribution in [0.15, 0.2) is 0 Å². The molecule has 4 aromatic carbocycles. The monoisotopic (exact) mass is 802 g/mol. The van der Waals surface area contributed by atoms with Gasteiger partial charge >= 0.3 is 0 Å². The lowest BCUT2D eigenvalue weighted by atomic mass is 10.1. The highest BCUT2D eigenvalue weighted by Gasteiger charge is 2.31. The maximum atomic E-state index is 13.4. The van der Waals surface area contributed by atoms with E-state index >= 15 is 0 Å². The van der Waals surface area contributed by atoms with E-state index in [1.165, 1.54) is 0 Å². The summed E-state index contributed by atoms with van der Waals surface area (Å²) in [7, 11) is 0. The largest absolute Gasteiger partial charge is 0.394 e. The Morgan fingerprint density at radius 2 is 0.370 bits per heavy atom. The Labute approximate surface area is 295 Å². The smallest absolute Gasteiger partial charge is 0.198 e. The molecule has 0 unspecified atom stereocenters. The van der Waals surface area contributed by atoms with E-state index in [9.17, 15) is 61.5 Å². The van der Waals surface area contributed by atoms with Gasteiger partial charge in [-0.05, 0) is 0 Å². The van der Waals surface area contributed by atoms with Crippen LogP contribution >= 0.6 is 0 Å². The van der Waals surface area contributed by atoms with Crippen LogP contribution in [0.2, 0.25) is 0 Å². The van der Waals surface area contributed by atoms with Gasteiger partial charge in [0.1, 0.15) is 11.4 Å². The number of hydrogen-bond donors (Lipinski definition) is 2. The van der Waals surface area contributed by atoms with E-state index in [4.69, 9.17) is 39.9 Å². The first-order valence-corrected chi connectivity index (χ1v) is 15.2. The summed E-state index contributed by atoms with van der Waals surface area (Å²) >= 11 is 0. The summed E-state index contributed by atoms with van der Waals surface area (Å²) in [4.78, 5) is 0. The van der Waals surface area contributed by atoms with Crippen LogP contribution in [0.4, 0.5) is 72.8 Å². The van der Waals surface area contributed by atoms with Crippen molar-refractivity contribution in [1.29, 1.82) is 0 Å². The van der Waals surface area contributed by atoms with Gasteiger partial charge in [0.25, 0.3) is 0 Å². The minimum absolute atomic E-state index is 0.586. The third-order valence-electron chi connectivity index (χ3n) is 6.98. The van der Waals surface area contributed by atoms with Crippen LogP contribution in [0, 0.1) is 81.4 Å². The van der Waals surface area contributed by atoms with Crippen molar-refractivity contribution in [3.05, 3.63) is 81.4 Å². The predicted molar refractivity (Wildman–Crippen MR) is 161 cm³/mol. The van der Waals surface area contributed by atoms with Crippen molar-refractivity contribution in [3.63, 3.8) is 0 Å². The van der Waals surface area contributed by atoms with E-state index in [-0.39, 0.29) is 0 Å². The van der Waals surface area contributed by atoms with Gasteiger partial charge in [-0.1, -0.05) is 0 Å². The van der Waals surface area contributed by atoms with Crippen molar-refractivity contribution in [1.82, 2.24) is 0 Å². The van der Waals surface area contributed by atoms with E-state index < -0.39 is 114 Å². The van der Waals surface area contributed by atoms with Gasteiger partial charge in [-0.15, -0.1) is 0 Å². The fourth-order valence-corrected chi connectivity index (χ4v) is 4.33. The molecule has 54 heavy (non-hydrogen) atoms. The van der Waals surface area contributed by atoms with Crippen LogP contribution < -0.4 is 11.5 Å². The van der Waals surface area contributed by atoms with Crippen LogP contribution in [0.3, 0.4) is 0 Å². The van der Waals surface area contributed by atoms with Crippen LogP contribution in [-0.2, 0) is 28.4 Å². The van der Waals surface area contributed by atoms with Crippen molar-refractivity contribution < 1.29 is 89.9 Å². The van der Waals surface area contributed by atoms with E-state index in [1.54, 1.807) is 0 Å². The third kappa shape index (κ3) is 10.1. The first-order chi connectivity index (χ1) is 25.6. The number of rotatable bonds is 0. The molecular weight excluding hydrogens is 774 g/mol. The molecule has 0 amide bonds. The second-order valence-corrected chi connectivity index (χ2v) is 10.4. The summed E-state index contributed by atoms with van der Waals surface area (Å²) in [5, 5.41) is -6.50. The van der Waals surface area contributed by atoms with E-state index in [2.05, 4.69) is 0 Å². The lowest BCUT2D eigenvalue weighted by Gasteiger charge is -2.09. The maximum Gasteiger partial charge on any atom is 0.198 e. The van der Waals surface area contributed by atoms with Crippen LogP contribution in [-0.4, -0.2) is 79.3 Å². The lowest BCUT2D eigenvalue weighted by molar-refractivity contribution is -0.0334. The average molecular weight is 803 g/mol. The molecule has 22 heteroatoms. The van der Waals surface area contributed by atoms with E-state index in [0.717, 1.165) is 0 Å². The number of benzene rings is 4. The van der Waals surface area contributed by atoms with Crippen molar-refractivity contribution >= 4 is 32.9 Å². The Kier molecular flexibility index (Phi) is 16.7. The number of hydrogen-bond acceptors (Lipinski definition) is 8. The molecule has 4 N–H and O–H groups in total. The fraction of sp³-hybridized carbons (Fsp3) is 0.375. The Hall–Kier alpha value is -4.22. The highest BCUT2D eigenvalue weighted by Crippen LogP contribution is 2.36. The van der Waals surface area contributed by atoms with E-state index in [0.29, 0.717) is 79.3 Å². The Morgan fingerprint density at radius 1 is 0.222 bits per heavy atom. The second kappa shape index (κ2) is 20.5. The third-order valence-corrected chi connectivity index (χ3v) is 6.98. The molecule has 0 saturated carbocycles. The normalized spacial score (nSPS) is 15.5. The van der Waals surface area contributed by atoms with Crippen molar-refractivity contribution in [2.45, 2.75) is 0 Å². The molecule has 0 aliphatic carbocycles. The molecule has 1 aliphatic heterocycles. The molecule has 4 aromatic rings. The molecule has 0 spiro atoms. The fourth-order valence-electron chi connectivity index (χ4n) is 4.33. The summed E-state index contributed by atoms with van der Waals surface area (Å²) in [6.07, 6.45) is 0. The molecule has 1 heterocycles. The van der Waals surface area contributed by atoms with Crippen molar-refractivity contribution in [3.8, 4) is 0 Å². The van der Waals surface area contributed by atoms with Crippen molar-refractivity contribution in [2.24, 2.45) is 0 Å². The summed E-state index contributed by atoms with van der Waals surface area (Å²) in [5.41, 5.74) is 6.61. The quantitative estimate of drug-likeness (QED) is 0.0858. The molecule has 300 valence electrons. The highest BCUT2D eigenvalue weighted by atomic mass is 19.2. The SMILES string of the molecule is C1COCCOCCOCCOCCOCCO1.Nc1c(F)c(F)c2c(F)c(F)c(F)c(F)c2c1F.Nc1c(F)c(F)c2c(F)c(F)c(F)c(F)c2c1F. The average Bonchev–Trinajstić information content (AvgIpc) is 3.16. The highest BCUT2D eigenvalue weighted by molar-refractivity contribution is 5.89. The van der Waals surface area contributed by atoms with Gasteiger partial charge in [0.15, 0.2) is 81.4 Å². The summed E-state index contributed by atoms with van der Waals surface area (Å²) in [6, 6.07) is 0. The minimum atomic E-state index is -2.37. The van der Waals surface area contributed by atoms with Gasteiger partial charge in [0.2, 0.25) is 0 Å². The van der Waals surface area contributed by atoms with Gasteiger partial charge in [-0.2, -0.15) is 0 Å². The lowest BCUT2D eigenvalue weighted by Crippen LogP contribution is -2.16.